The summed E-state index contributed by atoms with van der Waals surface area (Å²) < 4.78 is 5.19. The summed E-state index contributed by atoms with van der Waals surface area (Å²) in [5.41, 5.74) is 10.9. The average molecular weight is 603 g/mol. The second-order valence-corrected chi connectivity index (χ2v) is 13.2. The minimum atomic E-state index is 1.06. The molecule has 8 rings (SSSR count). The van der Waals surface area contributed by atoms with Gasteiger partial charge >= 0.3 is 0 Å². The lowest BCUT2D eigenvalue weighted by Crippen LogP contribution is -2.01. The molecule has 0 aliphatic heterocycles. The quantitative estimate of drug-likeness (QED) is 0.154. The lowest BCUT2D eigenvalue weighted by molar-refractivity contribution is 0.545. The van der Waals surface area contributed by atoms with Crippen LogP contribution in [0.2, 0.25) is 0 Å². The maximum absolute atomic E-state index is 4.45. The predicted octanol–water partition coefficient (Wildman–Crippen LogP) is 11.3. The van der Waals surface area contributed by atoms with Crippen molar-refractivity contribution < 1.29 is 0 Å². The summed E-state index contributed by atoms with van der Waals surface area (Å²) in [6, 6.07) is 22.3. The zero-order valence-electron chi connectivity index (χ0n) is 27.5. The maximum atomic E-state index is 4.45. The predicted molar refractivity (Wildman–Crippen MR) is 196 cm³/mol. The lowest BCUT2D eigenvalue weighted by Gasteiger charge is -2.13. The van der Waals surface area contributed by atoms with Crippen molar-refractivity contribution in [1.29, 1.82) is 0 Å². The molecule has 0 fully saturated rings. The Kier molecular flexibility index (Phi) is 7.24. The van der Waals surface area contributed by atoms with Gasteiger partial charge in [-0.25, -0.2) is 0 Å². The van der Waals surface area contributed by atoms with Crippen LogP contribution in [0, 0.1) is 27.7 Å². The van der Waals surface area contributed by atoms with Gasteiger partial charge in [-0.05, 0) is 97.8 Å². The highest BCUT2D eigenvalue weighted by atomic mass is 15.0. The van der Waals surface area contributed by atoms with Crippen LogP contribution in [0.4, 0.5) is 0 Å². The first-order valence-electron chi connectivity index (χ1n) is 17.0. The van der Waals surface area contributed by atoms with E-state index < -0.39 is 0 Å². The summed E-state index contributed by atoms with van der Waals surface area (Å²) in [7, 11) is 0. The molecule has 0 aliphatic rings. The molecule has 0 radical (unpaired) electrons. The molecule has 46 heavy (non-hydrogen) atoms. The van der Waals surface area contributed by atoms with Crippen LogP contribution in [-0.2, 0) is 13.1 Å². The van der Waals surface area contributed by atoms with Gasteiger partial charge in [-0.15, -0.1) is 0 Å². The first-order chi connectivity index (χ1) is 22.6. The number of aromatic nitrogens is 4. The minimum Gasteiger partial charge on any atom is -0.340 e. The standard InChI is InChI=1S/C42H42N4/c1-27-35-25-43-21-19-31(35)29(3)41-39(27)33-15-9-11-17-37(33)45(41)23-13-7-5-6-8-14-24-46-38-18-12-10-16-34(38)40-28(2)36-26-44-22-20-32(36)30(4)42(40)46/h9-12,15-22,25-26H,5-8,13-14,23-24H2,1-4H3. The summed E-state index contributed by atoms with van der Waals surface area (Å²) in [6.07, 6.45) is 15.4. The number of benzene rings is 4. The van der Waals surface area contributed by atoms with Crippen molar-refractivity contribution in [3.8, 4) is 0 Å². The highest BCUT2D eigenvalue weighted by Gasteiger charge is 2.19. The Morgan fingerprint density at radius 3 is 1.30 bits per heavy atom. The molecule has 0 amide bonds. The van der Waals surface area contributed by atoms with E-state index >= 15 is 0 Å². The third-order valence-electron chi connectivity index (χ3n) is 10.7. The van der Waals surface area contributed by atoms with Crippen molar-refractivity contribution >= 4 is 65.2 Å². The topological polar surface area (TPSA) is 35.6 Å². The van der Waals surface area contributed by atoms with E-state index in [9.17, 15) is 0 Å². The Bertz CT molecular complexity index is 2250. The van der Waals surface area contributed by atoms with Gasteiger partial charge in [0.25, 0.3) is 0 Å². The number of aryl methyl sites for hydroxylation is 6. The normalized spacial score (nSPS) is 12.2. The molecule has 0 N–H and O–H groups in total. The van der Waals surface area contributed by atoms with Crippen LogP contribution in [-0.4, -0.2) is 19.1 Å². The van der Waals surface area contributed by atoms with Crippen molar-refractivity contribution in [3.63, 3.8) is 0 Å². The van der Waals surface area contributed by atoms with Gasteiger partial charge in [-0.1, -0.05) is 62.1 Å². The van der Waals surface area contributed by atoms with E-state index in [1.807, 2.05) is 24.8 Å². The number of pyridine rings is 2. The van der Waals surface area contributed by atoms with Gasteiger partial charge in [0.2, 0.25) is 0 Å². The zero-order chi connectivity index (χ0) is 31.4. The number of hydrogen-bond acceptors (Lipinski definition) is 2. The van der Waals surface area contributed by atoms with E-state index in [-0.39, 0.29) is 0 Å². The molecule has 4 nitrogen and oxygen atoms in total. The number of rotatable bonds is 9. The first kappa shape index (κ1) is 28.8. The van der Waals surface area contributed by atoms with Gasteiger partial charge in [0, 0.05) is 81.2 Å². The largest absolute Gasteiger partial charge is 0.340 e. The molecule has 0 bridgehead atoms. The second kappa shape index (κ2) is 11.6. The zero-order valence-corrected chi connectivity index (χ0v) is 27.5. The number of hydrogen-bond donors (Lipinski definition) is 0. The van der Waals surface area contributed by atoms with Crippen LogP contribution in [0.15, 0.2) is 85.5 Å². The highest BCUT2D eigenvalue weighted by molar-refractivity contribution is 6.18. The smallest absolute Gasteiger partial charge is 0.0530 e. The fourth-order valence-corrected chi connectivity index (χ4v) is 8.42. The molecule has 0 atom stereocenters. The monoisotopic (exact) mass is 602 g/mol. The summed E-state index contributed by atoms with van der Waals surface area (Å²) in [6.45, 7) is 11.2. The molecule has 4 aromatic carbocycles. The van der Waals surface area contributed by atoms with Crippen LogP contribution < -0.4 is 0 Å². The average Bonchev–Trinajstić information content (AvgIpc) is 3.61. The van der Waals surface area contributed by atoms with E-state index in [4.69, 9.17) is 0 Å². The van der Waals surface area contributed by atoms with Crippen molar-refractivity contribution in [1.82, 2.24) is 19.1 Å². The molecule has 0 saturated carbocycles. The van der Waals surface area contributed by atoms with Crippen molar-refractivity contribution in [3.05, 3.63) is 108 Å². The van der Waals surface area contributed by atoms with E-state index in [1.54, 1.807) is 0 Å². The van der Waals surface area contributed by atoms with Gasteiger partial charge in [0.15, 0.2) is 0 Å². The number of unbranched alkanes of at least 4 members (excludes halogenated alkanes) is 5. The van der Waals surface area contributed by atoms with Crippen LogP contribution >= 0.6 is 0 Å². The van der Waals surface area contributed by atoms with Gasteiger partial charge < -0.3 is 9.13 Å². The Balaban J connectivity index is 0.966. The third kappa shape index (κ3) is 4.41. The van der Waals surface area contributed by atoms with Crippen molar-refractivity contribution in [2.24, 2.45) is 0 Å². The number of fused-ring (bicyclic) bond motifs is 8. The second-order valence-electron chi connectivity index (χ2n) is 13.2. The van der Waals surface area contributed by atoms with E-state index in [2.05, 4.69) is 107 Å². The lowest BCUT2D eigenvalue weighted by atomic mass is 9.97. The van der Waals surface area contributed by atoms with Crippen LogP contribution in [0.1, 0.15) is 60.8 Å². The summed E-state index contributed by atoms with van der Waals surface area (Å²) in [5.74, 6) is 0. The van der Waals surface area contributed by atoms with E-state index in [0.29, 0.717) is 0 Å². The van der Waals surface area contributed by atoms with Gasteiger partial charge in [-0.2, -0.15) is 0 Å². The van der Waals surface area contributed by atoms with E-state index in [0.717, 1.165) is 13.1 Å². The summed E-state index contributed by atoms with van der Waals surface area (Å²) >= 11 is 0. The Morgan fingerprint density at radius 2 is 0.848 bits per heavy atom. The molecular formula is C42H42N4. The molecule has 0 saturated heterocycles. The Morgan fingerprint density at radius 1 is 0.435 bits per heavy atom. The van der Waals surface area contributed by atoms with Crippen LogP contribution in [0.5, 0.6) is 0 Å². The molecule has 4 aromatic heterocycles. The first-order valence-corrected chi connectivity index (χ1v) is 17.0. The van der Waals surface area contributed by atoms with Crippen molar-refractivity contribution in [2.45, 2.75) is 79.3 Å². The minimum absolute atomic E-state index is 1.06. The fraction of sp³-hybridized carbons (Fsp3) is 0.286. The highest BCUT2D eigenvalue weighted by Crippen LogP contribution is 2.40. The fourth-order valence-electron chi connectivity index (χ4n) is 8.42. The third-order valence-corrected chi connectivity index (χ3v) is 10.7. The van der Waals surface area contributed by atoms with Gasteiger partial charge in [0.1, 0.15) is 0 Å². The molecule has 4 heteroatoms. The molecular weight excluding hydrogens is 560 g/mol. The Hall–Kier alpha value is -4.70. The van der Waals surface area contributed by atoms with Crippen LogP contribution in [0.3, 0.4) is 0 Å². The number of para-hydroxylation sites is 2. The number of nitrogens with zero attached hydrogens (tertiary/aromatic N) is 4. The van der Waals surface area contributed by atoms with Gasteiger partial charge in [-0.3, -0.25) is 9.97 Å². The Labute approximate surface area is 270 Å². The molecule has 0 unspecified atom stereocenters. The van der Waals surface area contributed by atoms with Crippen molar-refractivity contribution in [2.75, 3.05) is 0 Å². The summed E-state index contributed by atoms with van der Waals surface area (Å²) in [4.78, 5) is 8.90. The molecule has 0 spiro atoms. The SMILES string of the molecule is Cc1c2cnccc2c(C)c2c1c1ccccc1n2CCCCCCCCn1c2ccccc2c2c(C)c3cnccc3c(C)c21. The van der Waals surface area contributed by atoms with E-state index in [1.165, 1.54) is 126 Å². The molecule has 0 aliphatic carbocycles. The maximum Gasteiger partial charge on any atom is 0.0530 e. The molecule has 230 valence electrons. The van der Waals surface area contributed by atoms with Gasteiger partial charge in [0.05, 0.1) is 11.0 Å². The molecule has 4 heterocycles. The van der Waals surface area contributed by atoms with Crippen LogP contribution in [0.25, 0.3) is 65.2 Å². The molecule has 8 aromatic rings. The summed E-state index contributed by atoms with van der Waals surface area (Å²) in [5, 5.41) is 10.7.